The van der Waals surface area contributed by atoms with Crippen LogP contribution in [0.3, 0.4) is 0 Å². The molecule has 0 saturated carbocycles. The largest absolute Gasteiger partial charge is 0.369 e. The first kappa shape index (κ1) is 23.0. The Hall–Kier alpha value is -3.20. The summed E-state index contributed by atoms with van der Waals surface area (Å²) in [4.78, 5) is 7.45. The maximum Gasteiger partial charge on any atom is 0.240 e. The number of hydrogen-bond donors (Lipinski definition) is 3. The zero-order chi connectivity index (χ0) is 24.1. The summed E-state index contributed by atoms with van der Waals surface area (Å²) in [6.45, 7) is 1.47. The predicted octanol–water partition coefficient (Wildman–Crippen LogP) is 0.761. The second kappa shape index (κ2) is 7.98. The SMILES string of the molecule is C[C@@H](N)CS(=O)(=O)c1ccc(-c2cccc3c2nc(N)n3C)c(C2=NCN=N2)c1S(N)(=O)=O. The van der Waals surface area contributed by atoms with Crippen LogP contribution in [-0.4, -0.2) is 50.7 Å². The van der Waals surface area contributed by atoms with Crippen LogP contribution < -0.4 is 16.6 Å². The Balaban J connectivity index is 2.16. The van der Waals surface area contributed by atoms with Crippen LogP contribution in [0.25, 0.3) is 22.2 Å². The van der Waals surface area contributed by atoms with E-state index in [1.54, 1.807) is 29.8 Å². The molecule has 0 spiro atoms. The molecule has 1 aliphatic heterocycles. The number of nitrogens with two attached hydrogens (primary N) is 3. The van der Waals surface area contributed by atoms with Crippen LogP contribution in [0, 0.1) is 0 Å². The lowest BCUT2D eigenvalue weighted by Gasteiger charge is -2.17. The van der Waals surface area contributed by atoms with Crippen molar-refractivity contribution in [3.05, 3.63) is 35.9 Å². The summed E-state index contributed by atoms with van der Waals surface area (Å²) in [5.74, 6) is -0.276. The number of sulfonamides is 1. The number of benzene rings is 2. The summed E-state index contributed by atoms with van der Waals surface area (Å²) in [6, 6.07) is 7.21. The van der Waals surface area contributed by atoms with Gasteiger partial charge in [0.1, 0.15) is 4.90 Å². The van der Waals surface area contributed by atoms with Gasteiger partial charge in [-0.1, -0.05) is 18.2 Å². The molecular weight excluding hydrogens is 468 g/mol. The second-order valence-electron chi connectivity index (χ2n) is 7.69. The number of aryl methyl sites for hydroxylation is 1. The molecule has 1 aromatic heterocycles. The summed E-state index contributed by atoms with van der Waals surface area (Å²) in [5.41, 5.74) is 13.6. The van der Waals surface area contributed by atoms with Crippen LogP contribution in [0.1, 0.15) is 12.5 Å². The molecule has 14 heteroatoms. The van der Waals surface area contributed by atoms with Crippen molar-refractivity contribution >= 4 is 42.7 Å². The number of primary sulfonamides is 1. The van der Waals surface area contributed by atoms with Crippen molar-refractivity contribution in [3.8, 4) is 11.1 Å². The van der Waals surface area contributed by atoms with Crippen molar-refractivity contribution in [2.45, 2.75) is 22.8 Å². The monoisotopic (exact) mass is 490 g/mol. The third-order valence-electron chi connectivity index (χ3n) is 5.13. The quantitative estimate of drug-likeness (QED) is 0.452. The third kappa shape index (κ3) is 4.01. The number of aromatic nitrogens is 2. The van der Waals surface area contributed by atoms with E-state index in [2.05, 4.69) is 20.2 Å². The van der Waals surface area contributed by atoms with E-state index in [1.807, 2.05) is 0 Å². The number of rotatable bonds is 6. The van der Waals surface area contributed by atoms with E-state index in [-0.39, 0.29) is 24.0 Å². The molecule has 1 aliphatic rings. The first-order chi connectivity index (χ1) is 15.4. The molecule has 33 heavy (non-hydrogen) atoms. The minimum absolute atomic E-state index is 0.0314. The van der Waals surface area contributed by atoms with Gasteiger partial charge in [0, 0.05) is 18.7 Å². The second-order valence-corrected chi connectivity index (χ2v) is 11.2. The van der Waals surface area contributed by atoms with Gasteiger partial charge in [0.15, 0.2) is 22.3 Å². The van der Waals surface area contributed by atoms with Crippen LogP contribution in [-0.2, 0) is 26.9 Å². The van der Waals surface area contributed by atoms with Gasteiger partial charge < -0.3 is 16.0 Å². The standard InChI is InChI=1S/C19H22N8O4S2/c1-10(20)8-32(28,29)14-7-6-11(12-4-3-5-13-16(12)25-19(21)27(13)2)15(17(14)33(22,30)31)18-23-9-24-26-18/h3-7,10H,8-9,20H2,1-2H3,(H2,21,25)(H2,22,30,31)/t10-/m1/s1. The Kier molecular flexibility index (Phi) is 5.56. The summed E-state index contributed by atoms with van der Waals surface area (Å²) >= 11 is 0. The van der Waals surface area contributed by atoms with Crippen LogP contribution in [0.5, 0.6) is 0 Å². The number of amidine groups is 1. The van der Waals surface area contributed by atoms with E-state index in [9.17, 15) is 16.8 Å². The molecule has 2 heterocycles. The molecule has 0 fully saturated rings. The normalized spacial score (nSPS) is 15.2. The van der Waals surface area contributed by atoms with Gasteiger partial charge in [-0.15, -0.1) is 5.11 Å². The molecule has 174 valence electrons. The maximum absolute atomic E-state index is 13.1. The Morgan fingerprint density at radius 3 is 2.45 bits per heavy atom. The fourth-order valence-corrected chi connectivity index (χ4v) is 6.88. The van der Waals surface area contributed by atoms with Gasteiger partial charge in [0.2, 0.25) is 16.0 Å². The Labute approximate surface area is 190 Å². The van der Waals surface area contributed by atoms with Gasteiger partial charge in [0.05, 0.1) is 27.2 Å². The molecule has 0 radical (unpaired) electrons. The lowest BCUT2D eigenvalue weighted by atomic mass is 9.97. The number of fused-ring (bicyclic) bond motifs is 1. The number of para-hydroxylation sites is 1. The Morgan fingerprint density at radius 1 is 1.12 bits per heavy atom. The molecule has 2 aromatic carbocycles. The summed E-state index contributed by atoms with van der Waals surface area (Å²) in [6.07, 6.45) is 0. The molecule has 3 aromatic rings. The number of azo groups is 1. The topological polar surface area (TPSA) is 201 Å². The van der Waals surface area contributed by atoms with Crippen LogP contribution >= 0.6 is 0 Å². The maximum atomic E-state index is 13.1. The first-order valence-corrected chi connectivity index (χ1v) is 12.9. The molecule has 1 atom stereocenters. The van der Waals surface area contributed by atoms with Gasteiger partial charge in [-0.3, -0.25) is 0 Å². The predicted molar refractivity (Wildman–Crippen MR) is 124 cm³/mol. The molecular formula is C19H22N8O4S2. The fraction of sp³-hybridized carbons (Fsp3) is 0.263. The lowest BCUT2D eigenvalue weighted by Crippen LogP contribution is -2.28. The highest BCUT2D eigenvalue weighted by molar-refractivity contribution is 7.93. The van der Waals surface area contributed by atoms with Crippen molar-refractivity contribution < 1.29 is 16.8 Å². The van der Waals surface area contributed by atoms with Crippen molar-refractivity contribution in [2.24, 2.45) is 33.1 Å². The molecule has 0 bridgehead atoms. The lowest BCUT2D eigenvalue weighted by molar-refractivity contribution is 0.579. The molecule has 12 nitrogen and oxygen atoms in total. The molecule has 0 amide bonds. The van der Waals surface area contributed by atoms with Crippen molar-refractivity contribution in [1.29, 1.82) is 0 Å². The average Bonchev–Trinajstić information content (AvgIpc) is 3.34. The van der Waals surface area contributed by atoms with Crippen molar-refractivity contribution in [3.63, 3.8) is 0 Å². The highest BCUT2D eigenvalue weighted by Gasteiger charge is 2.33. The third-order valence-corrected chi connectivity index (χ3v) is 8.23. The van der Waals surface area contributed by atoms with E-state index in [0.29, 0.717) is 22.2 Å². The van der Waals surface area contributed by atoms with Gasteiger partial charge in [-0.25, -0.2) is 32.0 Å². The van der Waals surface area contributed by atoms with Crippen molar-refractivity contribution in [1.82, 2.24) is 9.55 Å². The fourth-order valence-electron chi connectivity index (χ4n) is 3.78. The number of aliphatic imine (C=N–C) groups is 1. The molecule has 0 saturated heterocycles. The minimum atomic E-state index is -4.56. The van der Waals surface area contributed by atoms with E-state index < -0.39 is 41.4 Å². The molecule has 0 aliphatic carbocycles. The van der Waals surface area contributed by atoms with Gasteiger partial charge >= 0.3 is 0 Å². The number of nitrogen functional groups attached to an aromatic ring is 1. The summed E-state index contributed by atoms with van der Waals surface area (Å²) < 4.78 is 53.4. The van der Waals surface area contributed by atoms with Gasteiger partial charge in [-0.05, 0) is 24.6 Å². The number of hydrogen-bond acceptors (Lipinski definition) is 10. The van der Waals surface area contributed by atoms with Crippen LogP contribution in [0.2, 0.25) is 0 Å². The average molecular weight is 491 g/mol. The number of anilines is 1. The number of sulfone groups is 1. The first-order valence-electron chi connectivity index (χ1n) is 9.73. The van der Waals surface area contributed by atoms with Crippen LogP contribution in [0.15, 0.2) is 55.3 Å². The number of nitrogens with zero attached hydrogens (tertiary/aromatic N) is 5. The van der Waals surface area contributed by atoms with Crippen LogP contribution in [0.4, 0.5) is 5.95 Å². The Bertz CT molecular complexity index is 1550. The highest BCUT2D eigenvalue weighted by Crippen LogP contribution is 2.38. The zero-order valence-electron chi connectivity index (χ0n) is 17.8. The van der Waals surface area contributed by atoms with E-state index in [4.69, 9.17) is 16.6 Å². The number of imidazole rings is 1. The van der Waals surface area contributed by atoms with E-state index in [0.717, 1.165) is 0 Å². The summed E-state index contributed by atoms with van der Waals surface area (Å²) in [7, 11) is -6.94. The molecule has 4 rings (SSSR count). The van der Waals surface area contributed by atoms with Gasteiger partial charge in [-0.2, -0.15) is 5.11 Å². The van der Waals surface area contributed by atoms with Crippen molar-refractivity contribution in [2.75, 3.05) is 18.2 Å². The Morgan fingerprint density at radius 2 is 1.85 bits per heavy atom. The highest BCUT2D eigenvalue weighted by atomic mass is 32.2. The summed E-state index contributed by atoms with van der Waals surface area (Å²) in [5, 5.41) is 13.3. The van der Waals surface area contributed by atoms with E-state index >= 15 is 0 Å². The van der Waals surface area contributed by atoms with Gasteiger partial charge in [0.25, 0.3) is 0 Å². The minimum Gasteiger partial charge on any atom is -0.369 e. The zero-order valence-corrected chi connectivity index (χ0v) is 19.4. The molecule has 0 unspecified atom stereocenters. The molecule has 6 N–H and O–H groups in total. The van der Waals surface area contributed by atoms with E-state index in [1.165, 1.54) is 19.1 Å². The smallest absolute Gasteiger partial charge is 0.240 e.